The van der Waals surface area contributed by atoms with Crippen molar-refractivity contribution in [3.8, 4) is 0 Å². The third-order valence-corrected chi connectivity index (χ3v) is 4.26. The van der Waals surface area contributed by atoms with E-state index in [0.717, 1.165) is 17.7 Å². The lowest BCUT2D eigenvalue weighted by Gasteiger charge is -2.22. The molecule has 21 heavy (non-hydrogen) atoms. The lowest BCUT2D eigenvalue weighted by molar-refractivity contribution is 0.0664. The fourth-order valence-electron chi connectivity index (χ4n) is 2.21. The molecule has 2 aromatic heterocycles. The largest absolute Gasteiger partial charge is 0.478 e. The number of pyridine rings is 1. The molecule has 0 atom stereocenters. The Kier molecular flexibility index (Phi) is 3.70. The normalized spacial score (nSPS) is 13.9. The van der Waals surface area contributed by atoms with E-state index >= 15 is 0 Å². The van der Waals surface area contributed by atoms with Crippen molar-refractivity contribution in [3.63, 3.8) is 0 Å². The number of carboxylic acid groups (broad SMARTS) is 1. The van der Waals surface area contributed by atoms with E-state index in [0.29, 0.717) is 6.54 Å². The van der Waals surface area contributed by atoms with E-state index in [1.165, 1.54) is 18.3 Å². The molecule has 5 nitrogen and oxygen atoms in total. The van der Waals surface area contributed by atoms with Gasteiger partial charge in [-0.3, -0.25) is 9.78 Å². The van der Waals surface area contributed by atoms with Crippen molar-refractivity contribution < 1.29 is 14.7 Å². The first-order valence-electron chi connectivity index (χ1n) is 6.68. The van der Waals surface area contributed by atoms with Gasteiger partial charge in [-0.2, -0.15) is 0 Å². The van der Waals surface area contributed by atoms with E-state index in [-0.39, 0.29) is 23.2 Å². The van der Waals surface area contributed by atoms with E-state index in [9.17, 15) is 14.7 Å². The molecule has 108 valence electrons. The summed E-state index contributed by atoms with van der Waals surface area (Å²) in [6, 6.07) is 7.06. The summed E-state index contributed by atoms with van der Waals surface area (Å²) in [7, 11) is 0. The van der Waals surface area contributed by atoms with Crippen LogP contribution in [0.25, 0.3) is 0 Å². The standard InChI is InChI=1S/C15H14N2O3S/c18-14(13-12(15(19)20)4-1-7-16-13)17(10-5-6-10)9-11-3-2-8-21-11/h1-4,7-8,10H,5-6,9H2,(H,19,20). The molecule has 2 aromatic rings. The fraction of sp³-hybridized carbons (Fsp3) is 0.267. The zero-order valence-electron chi connectivity index (χ0n) is 11.2. The molecule has 6 heteroatoms. The molecule has 3 rings (SSSR count). The Balaban J connectivity index is 1.89. The molecule has 1 fully saturated rings. The first kappa shape index (κ1) is 13.8. The van der Waals surface area contributed by atoms with Crippen molar-refractivity contribution in [1.29, 1.82) is 0 Å². The second-order valence-corrected chi connectivity index (χ2v) is 5.98. The van der Waals surface area contributed by atoms with Crippen LogP contribution in [0.2, 0.25) is 0 Å². The number of hydrogen-bond acceptors (Lipinski definition) is 4. The van der Waals surface area contributed by atoms with Crippen LogP contribution in [0.15, 0.2) is 35.8 Å². The maximum Gasteiger partial charge on any atom is 0.338 e. The number of carboxylic acids is 1. The zero-order chi connectivity index (χ0) is 14.8. The monoisotopic (exact) mass is 302 g/mol. The van der Waals surface area contributed by atoms with Gasteiger partial charge in [0.05, 0.1) is 12.1 Å². The number of aromatic nitrogens is 1. The molecule has 1 saturated carbocycles. The SMILES string of the molecule is O=C(O)c1cccnc1C(=O)N(Cc1cccs1)C1CC1. The maximum atomic E-state index is 12.7. The Hall–Kier alpha value is -2.21. The second kappa shape index (κ2) is 5.65. The number of rotatable bonds is 5. The minimum atomic E-state index is -1.13. The molecule has 0 bridgehead atoms. The quantitative estimate of drug-likeness (QED) is 0.921. The predicted octanol–water partition coefficient (Wildman–Crippen LogP) is 2.65. The average molecular weight is 302 g/mol. The summed E-state index contributed by atoms with van der Waals surface area (Å²) in [4.78, 5) is 30.7. The van der Waals surface area contributed by atoms with Gasteiger partial charge in [-0.05, 0) is 36.4 Å². The summed E-state index contributed by atoms with van der Waals surface area (Å²) in [6.45, 7) is 0.511. The molecule has 0 unspecified atom stereocenters. The third-order valence-electron chi connectivity index (χ3n) is 3.40. The average Bonchev–Trinajstić information content (AvgIpc) is 3.20. The molecule has 0 aliphatic heterocycles. The summed E-state index contributed by atoms with van der Waals surface area (Å²) in [5, 5.41) is 11.2. The number of thiophene rings is 1. The van der Waals surface area contributed by atoms with Crippen molar-refractivity contribution >= 4 is 23.2 Å². The van der Waals surface area contributed by atoms with Crippen LogP contribution in [0.3, 0.4) is 0 Å². The predicted molar refractivity (Wildman–Crippen MR) is 78.4 cm³/mol. The molecular weight excluding hydrogens is 288 g/mol. The van der Waals surface area contributed by atoms with E-state index in [2.05, 4.69) is 4.98 Å². The van der Waals surface area contributed by atoms with Gasteiger partial charge in [-0.1, -0.05) is 6.07 Å². The van der Waals surface area contributed by atoms with Gasteiger partial charge >= 0.3 is 5.97 Å². The molecule has 1 aliphatic rings. The number of hydrogen-bond donors (Lipinski definition) is 1. The zero-order valence-corrected chi connectivity index (χ0v) is 12.0. The van der Waals surface area contributed by atoms with Crippen LogP contribution in [0.1, 0.15) is 38.6 Å². The number of amides is 1. The maximum absolute atomic E-state index is 12.7. The lowest BCUT2D eigenvalue weighted by Crippen LogP contribution is -2.34. The highest BCUT2D eigenvalue weighted by atomic mass is 32.1. The number of aromatic carboxylic acids is 1. The number of carbonyl (C=O) groups is 2. The first-order chi connectivity index (χ1) is 10.2. The molecule has 2 heterocycles. The van der Waals surface area contributed by atoms with Crippen LogP contribution in [0.5, 0.6) is 0 Å². The van der Waals surface area contributed by atoms with Gasteiger partial charge in [0, 0.05) is 17.1 Å². The van der Waals surface area contributed by atoms with Crippen LogP contribution in [0.4, 0.5) is 0 Å². The highest BCUT2D eigenvalue weighted by Gasteiger charge is 2.35. The van der Waals surface area contributed by atoms with Crippen molar-refractivity contribution in [3.05, 3.63) is 52.0 Å². The lowest BCUT2D eigenvalue weighted by atomic mass is 10.1. The highest BCUT2D eigenvalue weighted by Crippen LogP contribution is 2.30. The summed E-state index contributed by atoms with van der Waals surface area (Å²) >= 11 is 1.59. The van der Waals surface area contributed by atoms with E-state index in [1.54, 1.807) is 16.2 Å². The smallest absolute Gasteiger partial charge is 0.338 e. The Morgan fingerprint density at radius 3 is 2.76 bits per heavy atom. The Morgan fingerprint density at radius 2 is 2.14 bits per heavy atom. The molecule has 0 saturated heterocycles. The fourth-order valence-corrected chi connectivity index (χ4v) is 2.91. The third kappa shape index (κ3) is 2.95. The van der Waals surface area contributed by atoms with Crippen LogP contribution < -0.4 is 0 Å². The second-order valence-electron chi connectivity index (χ2n) is 4.95. The molecule has 1 N–H and O–H groups in total. The van der Waals surface area contributed by atoms with Gasteiger partial charge < -0.3 is 10.0 Å². The van der Waals surface area contributed by atoms with E-state index in [1.807, 2.05) is 17.5 Å². The van der Waals surface area contributed by atoms with Gasteiger partial charge in [0.25, 0.3) is 5.91 Å². The summed E-state index contributed by atoms with van der Waals surface area (Å²) < 4.78 is 0. The van der Waals surface area contributed by atoms with Gasteiger partial charge in [-0.15, -0.1) is 11.3 Å². The Morgan fingerprint density at radius 1 is 1.33 bits per heavy atom. The van der Waals surface area contributed by atoms with Crippen LogP contribution in [0, 0.1) is 0 Å². The highest BCUT2D eigenvalue weighted by molar-refractivity contribution is 7.09. The summed E-state index contributed by atoms with van der Waals surface area (Å²) in [5.74, 6) is -1.43. The summed E-state index contributed by atoms with van der Waals surface area (Å²) in [5.41, 5.74) is -0.0206. The van der Waals surface area contributed by atoms with Crippen molar-refractivity contribution in [2.24, 2.45) is 0 Å². The van der Waals surface area contributed by atoms with Gasteiger partial charge in [0.1, 0.15) is 5.69 Å². The molecule has 0 radical (unpaired) electrons. The van der Waals surface area contributed by atoms with Crippen LogP contribution in [-0.2, 0) is 6.54 Å². The van der Waals surface area contributed by atoms with Crippen LogP contribution in [-0.4, -0.2) is 32.9 Å². The Bertz CT molecular complexity index is 665. The molecule has 0 spiro atoms. The van der Waals surface area contributed by atoms with Crippen molar-refractivity contribution in [1.82, 2.24) is 9.88 Å². The van der Waals surface area contributed by atoms with Crippen molar-refractivity contribution in [2.45, 2.75) is 25.4 Å². The van der Waals surface area contributed by atoms with Crippen molar-refractivity contribution in [2.75, 3.05) is 0 Å². The Labute approximate surface area is 125 Å². The first-order valence-corrected chi connectivity index (χ1v) is 7.56. The number of carbonyl (C=O) groups excluding carboxylic acids is 1. The molecule has 1 aliphatic carbocycles. The van der Waals surface area contributed by atoms with Gasteiger partial charge in [0.2, 0.25) is 0 Å². The van der Waals surface area contributed by atoms with Crippen LogP contribution >= 0.6 is 11.3 Å². The minimum absolute atomic E-state index is 0.0217. The molecule has 0 aromatic carbocycles. The molecule has 1 amide bonds. The number of nitrogens with zero attached hydrogens (tertiary/aromatic N) is 2. The minimum Gasteiger partial charge on any atom is -0.478 e. The van der Waals surface area contributed by atoms with Gasteiger partial charge in [0.15, 0.2) is 0 Å². The summed E-state index contributed by atoms with van der Waals surface area (Å²) in [6.07, 6.45) is 3.38. The topological polar surface area (TPSA) is 70.5 Å². The van der Waals surface area contributed by atoms with E-state index in [4.69, 9.17) is 0 Å². The van der Waals surface area contributed by atoms with Gasteiger partial charge in [-0.25, -0.2) is 4.79 Å². The van der Waals surface area contributed by atoms with E-state index < -0.39 is 5.97 Å². The molecular formula is C15H14N2O3S.